The fraction of sp³-hybridized carbons (Fsp3) is 0.559. The quantitative estimate of drug-likeness (QED) is 0.0289. The van der Waals surface area contributed by atoms with Gasteiger partial charge in [0.05, 0.1) is 26.0 Å². The van der Waals surface area contributed by atoms with Gasteiger partial charge in [0.15, 0.2) is 0 Å². The molecule has 0 spiro atoms. The van der Waals surface area contributed by atoms with E-state index in [1.807, 2.05) is 20.1 Å². The molecule has 2 saturated heterocycles. The Morgan fingerprint density at radius 3 is 1.72 bits per heavy atom. The number of carbonyl (C=O) groups excluding carboxylic acids is 12. The van der Waals surface area contributed by atoms with Crippen molar-refractivity contribution in [2.24, 2.45) is 17.4 Å². The molecule has 2 aromatic rings. The van der Waals surface area contributed by atoms with E-state index in [0.717, 1.165) is 4.90 Å². The van der Waals surface area contributed by atoms with E-state index in [9.17, 15) is 82.4 Å². The Labute approximate surface area is 525 Å². The van der Waals surface area contributed by atoms with E-state index in [-0.39, 0.29) is 82.7 Å². The number of carbonyl (C=O) groups is 14. The number of unbranched alkanes of at least 4 members (excludes halogenated alkanes) is 1. The number of aliphatic hydroxyl groups is 1. The Hall–Kier alpha value is -8.71. The molecule has 90 heavy (non-hydrogen) atoms. The van der Waals surface area contributed by atoms with Gasteiger partial charge in [0.25, 0.3) is 0 Å². The summed E-state index contributed by atoms with van der Waals surface area (Å²) in [7, 11) is 1.25. The Balaban J connectivity index is 1.56. The zero-order chi connectivity index (χ0) is 66.6. The molecule has 0 unspecified atom stereocenters. The van der Waals surface area contributed by atoms with Gasteiger partial charge in [-0.3, -0.25) is 67.1 Å². The summed E-state index contributed by atoms with van der Waals surface area (Å²) >= 11 is 1.44. The molecule has 4 rings (SSSR count). The number of primary amides is 1. The van der Waals surface area contributed by atoms with Gasteiger partial charge in [0, 0.05) is 32.9 Å². The van der Waals surface area contributed by atoms with Crippen LogP contribution in [0.4, 0.5) is 0 Å². The molecule has 0 bridgehead atoms. The zero-order valence-corrected chi connectivity index (χ0v) is 51.7. The molecular formula is C59H85N13O17S. The van der Waals surface area contributed by atoms with E-state index >= 15 is 0 Å². The number of nitrogens with one attached hydrogen (secondary N) is 9. The number of amides is 12. The van der Waals surface area contributed by atoms with E-state index in [0.29, 0.717) is 29.7 Å². The van der Waals surface area contributed by atoms with E-state index in [2.05, 4.69) is 47.9 Å². The highest BCUT2D eigenvalue weighted by molar-refractivity contribution is 7.98. The van der Waals surface area contributed by atoms with Gasteiger partial charge in [-0.2, -0.15) is 11.8 Å². The fourth-order valence-corrected chi connectivity index (χ4v) is 10.6. The number of likely N-dealkylation sites (N-methyl/N-ethyl adjacent to an activating group) is 1. The molecule has 0 aromatic heterocycles. The summed E-state index contributed by atoms with van der Waals surface area (Å²) in [5.74, 6) is -13.5. The third kappa shape index (κ3) is 24.0. The second-order valence-electron chi connectivity index (χ2n) is 22.4. The van der Waals surface area contributed by atoms with Crippen LogP contribution in [0.5, 0.6) is 0 Å². The monoisotopic (exact) mass is 1280 g/mol. The molecule has 0 aliphatic carbocycles. The fourth-order valence-electron chi connectivity index (χ4n) is 10.1. The Morgan fingerprint density at radius 2 is 1.20 bits per heavy atom. The van der Waals surface area contributed by atoms with Crippen LogP contribution in [0.25, 0.3) is 0 Å². The number of rotatable bonds is 38. The maximum atomic E-state index is 14.9. The first-order valence-electron chi connectivity index (χ1n) is 29.6. The number of carboxylic acid groups (broad SMARTS) is 2. The molecule has 16 N–H and O–H groups in total. The van der Waals surface area contributed by atoms with Crippen molar-refractivity contribution in [1.82, 2.24) is 57.7 Å². The lowest BCUT2D eigenvalue weighted by Gasteiger charge is -2.32. The van der Waals surface area contributed by atoms with Crippen LogP contribution in [-0.2, 0) is 80.0 Å². The molecule has 30 nitrogen and oxygen atoms in total. The summed E-state index contributed by atoms with van der Waals surface area (Å²) in [5.41, 5.74) is 12.2. The molecule has 494 valence electrons. The highest BCUT2D eigenvalue weighted by Crippen LogP contribution is 2.22. The van der Waals surface area contributed by atoms with Crippen molar-refractivity contribution >= 4 is 94.6 Å². The Bertz CT molecular complexity index is 2850. The van der Waals surface area contributed by atoms with Gasteiger partial charge in [-0.25, -0.2) is 0 Å². The van der Waals surface area contributed by atoms with Crippen molar-refractivity contribution in [3.63, 3.8) is 0 Å². The van der Waals surface area contributed by atoms with Crippen molar-refractivity contribution in [3.8, 4) is 0 Å². The number of hydrogen-bond donors (Lipinski definition) is 14. The summed E-state index contributed by atoms with van der Waals surface area (Å²) in [4.78, 5) is 190. The lowest BCUT2D eigenvalue weighted by Crippen LogP contribution is -2.61. The standard InChI is InChI=1S/C59H85N13O17S/c1-33(2)26-39(52(82)65-36(50(61)80)22-25-90-4)64-47(75)31-62-56(86)45(28-35-16-9-6-10-17-35)71(3)58(88)42(27-34-14-7-5-8-15-34)69-54(84)41(30-49(78)79)68-53(83)40(29-48(76)77)67-51(81)37(18-11-12-23-60)66-55(85)43(32-73)70-57(87)44-19-13-24-72(44)59(89)38-20-21-46(74)63-38/h5-10,14-17,33,36-45,73H,11-13,18-32,60H2,1-4H3,(H2,61,80)(H,62,86)(H,63,74)(H,64,75)(H,65,82)(H,66,85)(H,67,81)(H,68,83)(H,69,84)(H,70,87)(H,76,77)(H,78,79)/t36-,37-,38-,39-,40-,41-,42-,43-,44-,45-/m0/s1. The van der Waals surface area contributed by atoms with E-state index in [1.54, 1.807) is 60.7 Å². The Morgan fingerprint density at radius 1 is 0.667 bits per heavy atom. The number of benzene rings is 2. The molecular weight excluding hydrogens is 1190 g/mol. The average Bonchev–Trinajstić information content (AvgIpc) is 2.08. The predicted octanol–water partition coefficient (Wildman–Crippen LogP) is -3.57. The molecule has 2 aliphatic rings. The van der Waals surface area contributed by atoms with E-state index < -0.39 is 163 Å². The van der Waals surface area contributed by atoms with Gasteiger partial charge in [-0.1, -0.05) is 74.5 Å². The maximum absolute atomic E-state index is 14.9. The van der Waals surface area contributed by atoms with Crippen molar-refractivity contribution in [2.75, 3.05) is 45.3 Å². The molecule has 2 fully saturated rings. The predicted molar refractivity (Wildman–Crippen MR) is 325 cm³/mol. The van der Waals surface area contributed by atoms with Crippen molar-refractivity contribution < 1.29 is 82.4 Å². The smallest absolute Gasteiger partial charge is 0.305 e. The molecule has 2 aliphatic heterocycles. The topological polar surface area (TPSA) is 466 Å². The highest BCUT2D eigenvalue weighted by atomic mass is 32.2. The third-order valence-electron chi connectivity index (χ3n) is 14.9. The van der Waals surface area contributed by atoms with Crippen LogP contribution in [0.1, 0.15) is 95.6 Å². The normalized spacial score (nSPS) is 17.1. The average molecular weight is 1280 g/mol. The maximum Gasteiger partial charge on any atom is 0.305 e. The van der Waals surface area contributed by atoms with Crippen LogP contribution >= 0.6 is 11.8 Å². The Kier molecular flexibility index (Phi) is 30.6. The molecule has 10 atom stereocenters. The molecule has 0 saturated carbocycles. The van der Waals surface area contributed by atoms with Gasteiger partial charge < -0.3 is 84.4 Å². The van der Waals surface area contributed by atoms with Crippen LogP contribution in [0, 0.1) is 5.92 Å². The minimum Gasteiger partial charge on any atom is -0.481 e. The van der Waals surface area contributed by atoms with Crippen LogP contribution in [-0.4, -0.2) is 214 Å². The lowest BCUT2D eigenvalue weighted by atomic mass is 10.0. The van der Waals surface area contributed by atoms with Crippen molar-refractivity contribution in [1.29, 1.82) is 0 Å². The molecule has 2 heterocycles. The largest absolute Gasteiger partial charge is 0.481 e. The summed E-state index contributed by atoms with van der Waals surface area (Å²) in [5, 5.41) is 52.2. The van der Waals surface area contributed by atoms with Gasteiger partial charge >= 0.3 is 11.9 Å². The first-order chi connectivity index (χ1) is 42.8. The van der Waals surface area contributed by atoms with Crippen LogP contribution in [0.15, 0.2) is 60.7 Å². The SMILES string of the molecule is CSCC[C@H](NC(=O)[C@H](CC(C)C)NC(=O)CNC(=O)[C@H](Cc1ccccc1)N(C)C(=O)[C@H](Cc1ccccc1)NC(=O)[C@H](CC(=O)O)NC(=O)[C@H](CC(=O)O)NC(=O)[C@H](CCCCN)NC(=O)[C@H](CO)NC(=O)[C@@H]1CCCN1C(=O)[C@@H]1CCC(=O)N1)C(N)=O. The number of nitrogens with two attached hydrogens (primary N) is 2. The number of hydrogen-bond acceptors (Lipinski definition) is 17. The first kappa shape index (κ1) is 73.8. The lowest BCUT2D eigenvalue weighted by molar-refractivity contribution is -0.144. The summed E-state index contributed by atoms with van der Waals surface area (Å²) < 4.78 is 0. The summed E-state index contributed by atoms with van der Waals surface area (Å²) in [6, 6.07) is 2.08. The molecule has 12 amide bonds. The second-order valence-corrected chi connectivity index (χ2v) is 23.4. The van der Waals surface area contributed by atoms with Gasteiger partial charge in [0.1, 0.15) is 60.4 Å². The van der Waals surface area contributed by atoms with Crippen LogP contribution < -0.4 is 59.3 Å². The van der Waals surface area contributed by atoms with Gasteiger partial charge in [0.2, 0.25) is 70.9 Å². The number of nitrogens with zero attached hydrogens (tertiary/aromatic N) is 2. The minimum atomic E-state index is -2.07. The molecule has 31 heteroatoms. The highest BCUT2D eigenvalue weighted by Gasteiger charge is 2.42. The number of aliphatic hydroxyl groups excluding tert-OH is 1. The first-order valence-corrected chi connectivity index (χ1v) is 31.0. The number of aliphatic carboxylic acids is 2. The van der Waals surface area contributed by atoms with Crippen LogP contribution in [0.3, 0.4) is 0 Å². The van der Waals surface area contributed by atoms with Gasteiger partial charge in [-0.15, -0.1) is 0 Å². The minimum absolute atomic E-state index is 0.117. The van der Waals surface area contributed by atoms with E-state index in [4.69, 9.17) is 11.5 Å². The van der Waals surface area contributed by atoms with Gasteiger partial charge in [-0.05, 0) is 87.0 Å². The molecule has 0 radical (unpaired) electrons. The number of thioether (sulfide) groups is 1. The molecule has 2 aromatic carbocycles. The summed E-state index contributed by atoms with van der Waals surface area (Å²) in [6.07, 6.45) is 0.721. The third-order valence-corrected chi connectivity index (χ3v) is 15.5. The number of likely N-dealkylation sites (tertiary alicyclic amines) is 1. The van der Waals surface area contributed by atoms with Crippen LogP contribution in [0.2, 0.25) is 0 Å². The zero-order valence-electron chi connectivity index (χ0n) is 50.9. The van der Waals surface area contributed by atoms with Crippen molar-refractivity contribution in [3.05, 3.63) is 71.8 Å². The van der Waals surface area contributed by atoms with E-state index in [1.165, 1.54) is 23.7 Å². The second kappa shape index (κ2) is 37.3. The summed E-state index contributed by atoms with van der Waals surface area (Å²) in [6.45, 7) is 2.25. The van der Waals surface area contributed by atoms with Crippen molar-refractivity contribution in [2.45, 2.75) is 158 Å². The number of carboxylic acids is 2.